The highest BCUT2D eigenvalue weighted by atomic mass is 16.6. The quantitative estimate of drug-likeness (QED) is 0.750. The molecule has 0 bridgehead atoms. The highest BCUT2D eigenvalue weighted by Gasteiger charge is 2.70. The lowest BCUT2D eigenvalue weighted by molar-refractivity contribution is -0.236. The Morgan fingerprint density at radius 1 is 1.31 bits per heavy atom. The minimum atomic E-state index is -2.34. The molecule has 0 amide bonds. The third-order valence-corrected chi connectivity index (χ3v) is 5.31. The number of aliphatic hydroxyl groups is 1. The number of Topliss-reactive ketones (excluding diaryl/α,β-unsaturated/α-hetero) is 2. The summed E-state index contributed by atoms with van der Waals surface area (Å²) in [7, 11) is 2.45. The number of phenolic OH excluding ortho intramolecular Hbond substituents is 1. The number of fused-ring (bicyclic) bond motifs is 2. The minimum Gasteiger partial charge on any atom is -0.507 e. The summed E-state index contributed by atoms with van der Waals surface area (Å²) >= 11 is 0. The van der Waals surface area contributed by atoms with Gasteiger partial charge in [-0.3, -0.25) is 14.4 Å². The van der Waals surface area contributed by atoms with E-state index in [1.54, 1.807) is 0 Å². The van der Waals surface area contributed by atoms with Gasteiger partial charge in [-0.1, -0.05) is 12.1 Å². The Bertz CT molecular complexity index is 787. The SMILES string of the molecule is COC(=O)C[C@H]1C[C@@]2(OC)C(=O)c3cccc(O)c3C(=O)[C@@]2(O)[C@@H](C)O1. The van der Waals surface area contributed by atoms with Gasteiger partial charge in [-0.2, -0.15) is 0 Å². The number of methoxy groups -OCH3 is 2. The van der Waals surface area contributed by atoms with Gasteiger partial charge in [-0.05, 0) is 13.0 Å². The molecule has 2 N–H and O–H groups in total. The van der Waals surface area contributed by atoms with Crippen LogP contribution in [0.5, 0.6) is 5.75 Å². The number of ether oxygens (including phenoxy) is 3. The second kappa shape index (κ2) is 6.15. The molecule has 1 aromatic carbocycles. The molecule has 1 saturated heterocycles. The van der Waals surface area contributed by atoms with Gasteiger partial charge in [0.1, 0.15) is 5.75 Å². The van der Waals surface area contributed by atoms with Crippen LogP contribution in [0.1, 0.15) is 40.5 Å². The summed E-state index contributed by atoms with van der Waals surface area (Å²) in [5.74, 6) is -2.44. The van der Waals surface area contributed by atoms with Gasteiger partial charge < -0.3 is 24.4 Å². The van der Waals surface area contributed by atoms with E-state index in [-0.39, 0.29) is 24.0 Å². The summed E-state index contributed by atoms with van der Waals surface area (Å²) in [4.78, 5) is 37.9. The van der Waals surface area contributed by atoms with Crippen molar-refractivity contribution in [1.29, 1.82) is 0 Å². The van der Waals surface area contributed by atoms with E-state index in [2.05, 4.69) is 4.74 Å². The molecule has 8 heteroatoms. The molecule has 1 fully saturated rings. The monoisotopic (exact) mass is 364 g/mol. The number of carbonyl (C=O) groups is 3. The fraction of sp³-hybridized carbons (Fsp3) is 0.500. The summed E-state index contributed by atoms with van der Waals surface area (Å²) < 4.78 is 15.7. The van der Waals surface area contributed by atoms with Gasteiger partial charge in [0.25, 0.3) is 0 Å². The first kappa shape index (κ1) is 18.5. The standard InChI is InChI=1S/C18H20O8/c1-9-18(23)16(22)14-11(5-4-6-12(14)19)15(21)17(18,25-3)8-10(26-9)7-13(20)24-2/h4-6,9-10,19,23H,7-8H2,1-3H3/t9-,10+,17-,18+/m1/s1. The average Bonchev–Trinajstić information content (AvgIpc) is 2.62. The predicted molar refractivity (Wildman–Crippen MR) is 87.0 cm³/mol. The van der Waals surface area contributed by atoms with Gasteiger partial charge in [0.2, 0.25) is 5.78 Å². The lowest BCUT2D eigenvalue weighted by Crippen LogP contribution is -2.75. The lowest BCUT2D eigenvalue weighted by atomic mass is 9.61. The fourth-order valence-corrected chi connectivity index (χ4v) is 3.97. The summed E-state index contributed by atoms with van der Waals surface area (Å²) in [5, 5.41) is 21.3. The van der Waals surface area contributed by atoms with Crippen molar-refractivity contribution >= 4 is 17.5 Å². The van der Waals surface area contributed by atoms with Crippen LogP contribution >= 0.6 is 0 Å². The molecule has 140 valence electrons. The van der Waals surface area contributed by atoms with Crippen LogP contribution in [0.2, 0.25) is 0 Å². The van der Waals surface area contributed by atoms with E-state index in [0.717, 1.165) is 0 Å². The highest BCUT2D eigenvalue weighted by Crippen LogP contribution is 2.49. The Morgan fingerprint density at radius 2 is 2.00 bits per heavy atom. The number of rotatable bonds is 3. The topological polar surface area (TPSA) is 119 Å². The number of carbonyl (C=O) groups excluding carboxylic acids is 3. The zero-order chi connectivity index (χ0) is 19.3. The van der Waals surface area contributed by atoms with Crippen molar-refractivity contribution in [2.75, 3.05) is 14.2 Å². The molecule has 1 aliphatic heterocycles. The van der Waals surface area contributed by atoms with Crippen molar-refractivity contribution in [3.63, 3.8) is 0 Å². The molecule has 1 heterocycles. The maximum absolute atomic E-state index is 13.2. The van der Waals surface area contributed by atoms with Crippen LogP contribution in [0.4, 0.5) is 0 Å². The van der Waals surface area contributed by atoms with Crippen molar-refractivity contribution < 1.29 is 38.8 Å². The van der Waals surface area contributed by atoms with Crippen LogP contribution in [0, 0.1) is 0 Å². The third kappa shape index (κ3) is 2.22. The van der Waals surface area contributed by atoms with E-state index in [9.17, 15) is 24.6 Å². The van der Waals surface area contributed by atoms with Crippen molar-refractivity contribution in [1.82, 2.24) is 0 Å². The van der Waals surface area contributed by atoms with Crippen LogP contribution < -0.4 is 0 Å². The first-order valence-corrected chi connectivity index (χ1v) is 8.14. The normalized spacial score (nSPS) is 33.4. The van der Waals surface area contributed by atoms with Crippen LogP contribution in [-0.2, 0) is 19.0 Å². The van der Waals surface area contributed by atoms with Crippen molar-refractivity contribution in [2.24, 2.45) is 0 Å². The van der Waals surface area contributed by atoms with Gasteiger partial charge in [0.15, 0.2) is 17.0 Å². The largest absolute Gasteiger partial charge is 0.507 e. The molecule has 0 radical (unpaired) electrons. The second-order valence-corrected chi connectivity index (χ2v) is 6.54. The molecule has 1 aliphatic carbocycles. The van der Waals surface area contributed by atoms with Gasteiger partial charge >= 0.3 is 5.97 Å². The molecule has 0 spiro atoms. The molecule has 4 atom stereocenters. The Kier molecular flexibility index (Phi) is 4.38. The summed E-state index contributed by atoms with van der Waals surface area (Å²) in [5.41, 5.74) is -4.56. The number of benzene rings is 1. The molecule has 0 unspecified atom stereocenters. The highest BCUT2D eigenvalue weighted by molar-refractivity contribution is 6.23. The summed E-state index contributed by atoms with van der Waals surface area (Å²) in [6.45, 7) is 1.42. The van der Waals surface area contributed by atoms with Gasteiger partial charge in [-0.25, -0.2) is 0 Å². The number of aromatic hydroxyl groups is 1. The Hall–Kier alpha value is -2.29. The maximum Gasteiger partial charge on any atom is 0.308 e. The molecule has 0 aromatic heterocycles. The second-order valence-electron chi connectivity index (χ2n) is 6.54. The number of phenols is 1. The van der Waals surface area contributed by atoms with Gasteiger partial charge in [0.05, 0.1) is 31.3 Å². The number of hydrogen-bond donors (Lipinski definition) is 2. The number of ketones is 2. The van der Waals surface area contributed by atoms with Crippen LogP contribution in [0.3, 0.4) is 0 Å². The third-order valence-electron chi connectivity index (χ3n) is 5.31. The van der Waals surface area contributed by atoms with Crippen molar-refractivity contribution in [3.05, 3.63) is 29.3 Å². The number of hydrogen-bond acceptors (Lipinski definition) is 8. The smallest absolute Gasteiger partial charge is 0.308 e. The average molecular weight is 364 g/mol. The predicted octanol–water partition coefficient (Wildman–Crippen LogP) is 0.628. The molecule has 2 aliphatic rings. The minimum absolute atomic E-state index is 0.0348. The molecule has 3 rings (SSSR count). The first-order chi connectivity index (χ1) is 12.2. The molecular formula is C18H20O8. The van der Waals surface area contributed by atoms with Gasteiger partial charge in [0, 0.05) is 19.1 Å². The maximum atomic E-state index is 13.2. The van der Waals surface area contributed by atoms with E-state index in [1.165, 1.54) is 39.3 Å². The molecule has 26 heavy (non-hydrogen) atoms. The molecular weight excluding hydrogens is 344 g/mol. The van der Waals surface area contributed by atoms with Crippen LogP contribution in [-0.4, -0.2) is 65.4 Å². The van der Waals surface area contributed by atoms with Gasteiger partial charge in [-0.15, -0.1) is 0 Å². The zero-order valence-electron chi connectivity index (χ0n) is 14.6. The molecule has 1 aromatic rings. The molecule has 0 saturated carbocycles. The summed E-state index contributed by atoms with van der Waals surface area (Å²) in [6.07, 6.45) is -2.31. The van der Waals surface area contributed by atoms with Crippen molar-refractivity contribution in [2.45, 2.75) is 43.2 Å². The van der Waals surface area contributed by atoms with Crippen LogP contribution in [0.25, 0.3) is 0 Å². The Morgan fingerprint density at radius 3 is 2.62 bits per heavy atom. The van der Waals surface area contributed by atoms with E-state index >= 15 is 0 Å². The first-order valence-electron chi connectivity index (χ1n) is 8.14. The summed E-state index contributed by atoms with van der Waals surface area (Å²) in [6, 6.07) is 4.09. The molecule has 8 nitrogen and oxygen atoms in total. The van der Waals surface area contributed by atoms with Crippen LogP contribution in [0.15, 0.2) is 18.2 Å². The van der Waals surface area contributed by atoms with E-state index < -0.39 is 46.7 Å². The Balaban J connectivity index is 2.17. The fourth-order valence-electron chi connectivity index (χ4n) is 3.97. The lowest BCUT2D eigenvalue weighted by Gasteiger charge is -2.54. The van der Waals surface area contributed by atoms with E-state index in [1.807, 2.05) is 0 Å². The van der Waals surface area contributed by atoms with E-state index in [4.69, 9.17) is 9.47 Å². The zero-order valence-corrected chi connectivity index (χ0v) is 14.6. The van der Waals surface area contributed by atoms with Crippen molar-refractivity contribution in [3.8, 4) is 5.75 Å². The Labute approximate surface area is 149 Å². The number of esters is 1. The van der Waals surface area contributed by atoms with E-state index in [0.29, 0.717) is 0 Å².